The van der Waals surface area contributed by atoms with Gasteiger partial charge in [-0.1, -0.05) is 18.2 Å². The zero-order valence-electron chi connectivity index (χ0n) is 12.0. The molecular formula is C16H23NO3. The van der Waals surface area contributed by atoms with Crippen molar-refractivity contribution >= 4 is 5.91 Å². The van der Waals surface area contributed by atoms with Gasteiger partial charge in [0.2, 0.25) is 0 Å². The Bertz CT molecular complexity index is 417. The van der Waals surface area contributed by atoms with E-state index >= 15 is 0 Å². The van der Waals surface area contributed by atoms with Crippen LogP contribution in [0.4, 0.5) is 0 Å². The summed E-state index contributed by atoms with van der Waals surface area (Å²) < 4.78 is 5.70. The van der Waals surface area contributed by atoms with E-state index in [2.05, 4.69) is 0 Å². The van der Waals surface area contributed by atoms with E-state index in [1.807, 2.05) is 35.2 Å². The number of nitrogens with zero attached hydrogens (tertiary/aromatic N) is 1. The van der Waals surface area contributed by atoms with Gasteiger partial charge in [0.05, 0.1) is 0 Å². The summed E-state index contributed by atoms with van der Waals surface area (Å²) in [5, 5.41) is 8.97. The van der Waals surface area contributed by atoms with Crippen molar-refractivity contribution < 1.29 is 14.6 Å². The zero-order chi connectivity index (χ0) is 14.4. The van der Waals surface area contributed by atoms with Gasteiger partial charge in [0.1, 0.15) is 5.75 Å². The molecule has 1 aromatic carbocycles. The fourth-order valence-electron chi connectivity index (χ4n) is 2.40. The Morgan fingerprint density at radius 3 is 2.65 bits per heavy atom. The van der Waals surface area contributed by atoms with Crippen LogP contribution < -0.4 is 4.74 Å². The molecule has 1 aliphatic carbocycles. The van der Waals surface area contributed by atoms with Crippen molar-refractivity contribution in [3.05, 3.63) is 30.3 Å². The first-order chi connectivity index (χ1) is 9.72. The third-order valence-electron chi connectivity index (χ3n) is 3.76. The minimum atomic E-state index is -0.489. The Morgan fingerprint density at radius 2 is 2.10 bits per heavy atom. The van der Waals surface area contributed by atoms with E-state index < -0.39 is 6.10 Å². The molecule has 4 nitrogen and oxygen atoms in total. The number of ether oxygens (including phenoxy) is 1. The number of aliphatic hydroxyl groups excluding tert-OH is 1. The molecule has 4 heteroatoms. The van der Waals surface area contributed by atoms with E-state index in [9.17, 15) is 4.79 Å². The molecule has 1 atom stereocenters. The fraction of sp³-hybridized carbons (Fsp3) is 0.562. The van der Waals surface area contributed by atoms with Gasteiger partial charge in [-0.05, 0) is 44.7 Å². The molecule has 1 fully saturated rings. The second kappa shape index (κ2) is 7.29. The molecule has 2 rings (SSSR count). The number of amides is 1. The van der Waals surface area contributed by atoms with Crippen molar-refractivity contribution in [1.29, 1.82) is 0 Å². The summed E-state index contributed by atoms with van der Waals surface area (Å²) in [5.74, 6) is 0.732. The van der Waals surface area contributed by atoms with Crippen molar-refractivity contribution in [2.45, 2.75) is 44.8 Å². The minimum absolute atomic E-state index is 0.0204. The molecule has 20 heavy (non-hydrogen) atoms. The molecule has 1 unspecified atom stereocenters. The first kappa shape index (κ1) is 14.9. The molecule has 0 bridgehead atoms. The highest BCUT2D eigenvalue weighted by atomic mass is 16.5. The van der Waals surface area contributed by atoms with Crippen molar-refractivity contribution in [1.82, 2.24) is 4.90 Å². The predicted octanol–water partition coefficient (Wildman–Crippen LogP) is 2.22. The van der Waals surface area contributed by atoms with Gasteiger partial charge in [-0.25, -0.2) is 0 Å². The van der Waals surface area contributed by atoms with Crippen LogP contribution in [0.1, 0.15) is 32.6 Å². The van der Waals surface area contributed by atoms with Crippen LogP contribution in [0, 0.1) is 0 Å². The van der Waals surface area contributed by atoms with Crippen LogP contribution in [-0.2, 0) is 4.79 Å². The predicted molar refractivity (Wildman–Crippen MR) is 77.6 cm³/mol. The van der Waals surface area contributed by atoms with E-state index in [1.54, 1.807) is 6.92 Å². The molecule has 0 spiro atoms. The highest BCUT2D eigenvalue weighted by Gasteiger charge is 2.31. The second-order valence-corrected chi connectivity index (χ2v) is 5.27. The van der Waals surface area contributed by atoms with Crippen LogP contribution in [0.3, 0.4) is 0 Å². The van der Waals surface area contributed by atoms with Crippen molar-refractivity contribution in [2.75, 3.05) is 13.2 Å². The molecule has 0 radical (unpaired) electrons. The molecule has 0 aliphatic heterocycles. The average Bonchev–Trinajstić information content (AvgIpc) is 2.41. The molecule has 110 valence electrons. The molecule has 1 aromatic rings. The van der Waals surface area contributed by atoms with Gasteiger partial charge >= 0.3 is 0 Å². The molecule has 1 amide bonds. The van der Waals surface area contributed by atoms with E-state index in [1.165, 1.54) is 6.42 Å². The quantitative estimate of drug-likeness (QED) is 0.831. The van der Waals surface area contributed by atoms with Crippen LogP contribution in [-0.4, -0.2) is 41.2 Å². The SMILES string of the molecule is CC(Oc1ccccc1)C(=O)N(CCCO)C1CCC1. The summed E-state index contributed by atoms with van der Waals surface area (Å²) in [4.78, 5) is 14.4. The summed E-state index contributed by atoms with van der Waals surface area (Å²) in [6.07, 6.45) is 3.45. The molecule has 1 aliphatic rings. The first-order valence-corrected chi connectivity index (χ1v) is 7.35. The maximum Gasteiger partial charge on any atom is 0.263 e. The Labute approximate surface area is 120 Å². The number of benzene rings is 1. The Balaban J connectivity index is 1.95. The van der Waals surface area contributed by atoms with Crippen LogP contribution in [0.15, 0.2) is 30.3 Å². The maximum absolute atomic E-state index is 12.5. The Morgan fingerprint density at radius 1 is 1.40 bits per heavy atom. The second-order valence-electron chi connectivity index (χ2n) is 5.27. The van der Waals surface area contributed by atoms with Crippen LogP contribution in [0.5, 0.6) is 5.75 Å². The van der Waals surface area contributed by atoms with Crippen LogP contribution in [0.25, 0.3) is 0 Å². The highest BCUT2D eigenvalue weighted by Crippen LogP contribution is 2.26. The van der Waals surface area contributed by atoms with E-state index in [-0.39, 0.29) is 12.5 Å². The van der Waals surface area contributed by atoms with E-state index in [0.29, 0.717) is 24.8 Å². The lowest BCUT2D eigenvalue weighted by Crippen LogP contribution is -2.49. The summed E-state index contributed by atoms with van der Waals surface area (Å²) in [5.41, 5.74) is 0. The smallest absolute Gasteiger partial charge is 0.263 e. The van der Waals surface area contributed by atoms with E-state index in [4.69, 9.17) is 9.84 Å². The number of hydrogen-bond donors (Lipinski definition) is 1. The number of rotatable bonds is 7. The van der Waals surface area contributed by atoms with Crippen molar-refractivity contribution in [2.24, 2.45) is 0 Å². The Hall–Kier alpha value is -1.55. The molecule has 1 saturated carbocycles. The lowest BCUT2D eigenvalue weighted by Gasteiger charge is -2.38. The molecule has 0 aromatic heterocycles. The summed E-state index contributed by atoms with van der Waals surface area (Å²) >= 11 is 0. The number of para-hydroxylation sites is 1. The molecule has 1 N–H and O–H groups in total. The van der Waals surface area contributed by atoms with Gasteiger partial charge in [-0.15, -0.1) is 0 Å². The van der Waals surface area contributed by atoms with Crippen LogP contribution >= 0.6 is 0 Å². The number of carbonyl (C=O) groups is 1. The normalized spacial score (nSPS) is 16.3. The standard InChI is InChI=1S/C16H23NO3/c1-13(20-15-9-3-2-4-10-15)16(19)17(11-6-12-18)14-7-5-8-14/h2-4,9-10,13-14,18H,5-8,11-12H2,1H3. The fourth-order valence-corrected chi connectivity index (χ4v) is 2.40. The lowest BCUT2D eigenvalue weighted by atomic mass is 9.91. The summed E-state index contributed by atoms with van der Waals surface area (Å²) in [6.45, 7) is 2.52. The summed E-state index contributed by atoms with van der Waals surface area (Å²) in [6, 6.07) is 9.73. The van der Waals surface area contributed by atoms with Gasteiger partial charge in [0, 0.05) is 19.2 Å². The largest absolute Gasteiger partial charge is 0.481 e. The minimum Gasteiger partial charge on any atom is -0.481 e. The van der Waals surface area contributed by atoms with Gasteiger partial charge in [-0.2, -0.15) is 0 Å². The first-order valence-electron chi connectivity index (χ1n) is 7.35. The number of aliphatic hydroxyl groups is 1. The average molecular weight is 277 g/mol. The van der Waals surface area contributed by atoms with Gasteiger partial charge < -0.3 is 14.7 Å². The number of hydrogen-bond acceptors (Lipinski definition) is 3. The van der Waals surface area contributed by atoms with Crippen molar-refractivity contribution in [3.8, 4) is 5.75 Å². The Kier molecular flexibility index (Phi) is 5.41. The third-order valence-corrected chi connectivity index (χ3v) is 3.76. The van der Waals surface area contributed by atoms with Crippen molar-refractivity contribution in [3.63, 3.8) is 0 Å². The molecular weight excluding hydrogens is 254 g/mol. The zero-order valence-corrected chi connectivity index (χ0v) is 12.0. The molecule has 0 heterocycles. The van der Waals surface area contributed by atoms with Crippen LogP contribution in [0.2, 0.25) is 0 Å². The summed E-state index contributed by atoms with van der Waals surface area (Å²) in [7, 11) is 0. The lowest BCUT2D eigenvalue weighted by molar-refractivity contribution is -0.142. The molecule has 0 saturated heterocycles. The van der Waals surface area contributed by atoms with Gasteiger partial charge in [-0.3, -0.25) is 4.79 Å². The third kappa shape index (κ3) is 3.73. The highest BCUT2D eigenvalue weighted by molar-refractivity contribution is 5.81. The van der Waals surface area contributed by atoms with Gasteiger partial charge in [0.15, 0.2) is 6.10 Å². The maximum atomic E-state index is 12.5. The topological polar surface area (TPSA) is 49.8 Å². The number of carbonyl (C=O) groups excluding carboxylic acids is 1. The van der Waals surface area contributed by atoms with E-state index in [0.717, 1.165) is 12.8 Å². The monoisotopic (exact) mass is 277 g/mol. The van der Waals surface area contributed by atoms with Gasteiger partial charge in [0.25, 0.3) is 5.91 Å².